The van der Waals surface area contributed by atoms with Crippen LogP contribution in [0.3, 0.4) is 0 Å². The number of hydrogen-bond acceptors (Lipinski definition) is 5. The standard InChI is InChI=1S/C8H11NO5/c1-2-13-6(10)4-3-5-7(11)14-8(12)9-5/h5H,2-4H2,1H3,(H,9,12). The molecule has 1 aliphatic heterocycles. The van der Waals surface area contributed by atoms with Gasteiger partial charge in [-0.1, -0.05) is 0 Å². The van der Waals surface area contributed by atoms with Gasteiger partial charge in [0.05, 0.1) is 6.61 Å². The third-order valence-corrected chi connectivity index (χ3v) is 1.71. The number of nitrogens with one attached hydrogen (secondary N) is 1. The highest BCUT2D eigenvalue weighted by Gasteiger charge is 2.32. The summed E-state index contributed by atoms with van der Waals surface area (Å²) in [6.07, 6.45) is -0.457. The van der Waals surface area contributed by atoms with Gasteiger partial charge in [0.25, 0.3) is 0 Å². The van der Waals surface area contributed by atoms with Gasteiger partial charge >= 0.3 is 18.0 Å². The van der Waals surface area contributed by atoms with Crippen LogP contribution in [0.25, 0.3) is 0 Å². The maximum atomic E-state index is 10.9. The Morgan fingerprint density at radius 2 is 2.29 bits per heavy atom. The first-order valence-electron chi connectivity index (χ1n) is 4.31. The molecule has 1 aliphatic rings. The van der Waals surface area contributed by atoms with Crippen LogP contribution in [0.15, 0.2) is 0 Å². The number of esters is 2. The van der Waals surface area contributed by atoms with Gasteiger partial charge in [-0.2, -0.15) is 0 Å². The van der Waals surface area contributed by atoms with E-state index in [4.69, 9.17) is 0 Å². The minimum Gasteiger partial charge on any atom is -0.466 e. The summed E-state index contributed by atoms with van der Waals surface area (Å²) in [7, 11) is 0. The summed E-state index contributed by atoms with van der Waals surface area (Å²) in [6.45, 7) is 2.00. The topological polar surface area (TPSA) is 81.7 Å². The monoisotopic (exact) mass is 201 g/mol. The molecule has 6 nitrogen and oxygen atoms in total. The van der Waals surface area contributed by atoms with Crippen LogP contribution in [-0.4, -0.2) is 30.7 Å². The van der Waals surface area contributed by atoms with Crippen LogP contribution >= 0.6 is 0 Å². The highest BCUT2D eigenvalue weighted by molar-refractivity contribution is 5.95. The average molecular weight is 201 g/mol. The lowest BCUT2D eigenvalue weighted by Crippen LogP contribution is -2.29. The van der Waals surface area contributed by atoms with Gasteiger partial charge in [-0.25, -0.2) is 9.59 Å². The van der Waals surface area contributed by atoms with E-state index >= 15 is 0 Å². The molecule has 0 radical (unpaired) electrons. The van der Waals surface area contributed by atoms with Crippen LogP contribution in [0, 0.1) is 0 Å². The molecule has 0 bridgehead atoms. The Kier molecular flexibility index (Phi) is 3.44. The minimum atomic E-state index is -0.760. The molecule has 1 N–H and O–H groups in total. The molecule has 0 spiro atoms. The number of rotatable bonds is 4. The van der Waals surface area contributed by atoms with Gasteiger partial charge in [0.1, 0.15) is 6.04 Å². The number of alkyl carbamates (subject to hydrolysis) is 1. The summed E-state index contributed by atoms with van der Waals surface area (Å²) in [5.41, 5.74) is 0. The fourth-order valence-electron chi connectivity index (χ4n) is 1.08. The zero-order valence-corrected chi connectivity index (χ0v) is 7.74. The van der Waals surface area contributed by atoms with Crippen LogP contribution < -0.4 is 5.32 Å². The Morgan fingerprint density at radius 3 is 2.79 bits per heavy atom. The van der Waals surface area contributed by atoms with Crippen molar-refractivity contribution in [1.29, 1.82) is 0 Å². The highest BCUT2D eigenvalue weighted by Crippen LogP contribution is 2.07. The van der Waals surface area contributed by atoms with Crippen LogP contribution in [0.1, 0.15) is 19.8 Å². The third-order valence-electron chi connectivity index (χ3n) is 1.71. The lowest BCUT2D eigenvalue weighted by molar-refractivity contribution is -0.143. The van der Waals surface area contributed by atoms with E-state index in [-0.39, 0.29) is 18.8 Å². The van der Waals surface area contributed by atoms with E-state index in [1.54, 1.807) is 6.92 Å². The molecular formula is C8H11NO5. The molecule has 0 saturated carbocycles. The maximum Gasteiger partial charge on any atom is 0.415 e. The van der Waals surface area contributed by atoms with Crippen molar-refractivity contribution in [1.82, 2.24) is 5.32 Å². The lowest BCUT2D eigenvalue weighted by Gasteiger charge is -2.04. The predicted octanol–water partition coefficient (Wildman–Crippen LogP) is -0.0353. The van der Waals surface area contributed by atoms with Gasteiger partial charge in [0, 0.05) is 6.42 Å². The molecule has 1 atom stereocenters. The first-order valence-corrected chi connectivity index (χ1v) is 4.31. The first-order chi connectivity index (χ1) is 6.63. The van der Waals surface area contributed by atoms with Crippen molar-refractivity contribution in [3.63, 3.8) is 0 Å². The molecule has 0 aromatic carbocycles. The van der Waals surface area contributed by atoms with E-state index < -0.39 is 18.1 Å². The van der Waals surface area contributed by atoms with Crippen LogP contribution in [0.2, 0.25) is 0 Å². The summed E-state index contributed by atoms with van der Waals surface area (Å²) in [6, 6.07) is -0.716. The summed E-state index contributed by atoms with van der Waals surface area (Å²) < 4.78 is 8.89. The molecule has 14 heavy (non-hydrogen) atoms. The minimum absolute atomic E-state index is 0.0912. The number of carbonyl (C=O) groups excluding carboxylic acids is 3. The van der Waals surface area contributed by atoms with Crippen LogP contribution in [0.4, 0.5) is 4.79 Å². The molecule has 0 aliphatic carbocycles. The highest BCUT2D eigenvalue weighted by atomic mass is 16.6. The first kappa shape index (κ1) is 10.5. The van der Waals surface area contributed by atoms with E-state index in [0.29, 0.717) is 6.61 Å². The van der Waals surface area contributed by atoms with Crippen molar-refractivity contribution in [3.05, 3.63) is 0 Å². The van der Waals surface area contributed by atoms with E-state index in [1.807, 2.05) is 0 Å². The summed E-state index contributed by atoms with van der Waals surface area (Å²) in [5, 5.41) is 2.28. The molecule has 0 aromatic rings. The van der Waals surface area contributed by atoms with Gasteiger partial charge in [-0.05, 0) is 13.3 Å². The zero-order valence-electron chi connectivity index (χ0n) is 7.74. The van der Waals surface area contributed by atoms with Gasteiger partial charge in [-0.3, -0.25) is 4.79 Å². The lowest BCUT2D eigenvalue weighted by atomic mass is 10.2. The molecule has 1 unspecified atom stereocenters. The summed E-state index contributed by atoms with van der Waals surface area (Å²) in [4.78, 5) is 32.4. The summed E-state index contributed by atoms with van der Waals surface area (Å²) >= 11 is 0. The molecule has 1 fully saturated rings. The molecular weight excluding hydrogens is 190 g/mol. The average Bonchev–Trinajstić information content (AvgIpc) is 2.42. The third kappa shape index (κ3) is 2.72. The van der Waals surface area contributed by atoms with Crippen LogP contribution in [-0.2, 0) is 19.1 Å². The second-order valence-electron chi connectivity index (χ2n) is 2.75. The van der Waals surface area contributed by atoms with E-state index in [1.165, 1.54) is 0 Å². The molecule has 78 valence electrons. The largest absolute Gasteiger partial charge is 0.466 e. The predicted molar refractivity (Wildman–Crippen MR) is 44.3 cm³/mol. The molecule has 6 heteroatoms. The van der Waals surface area contributed by atoms with Crippen LogP contribution in [0.5, 0.6) is 0 Å². The molecule has 0 aromatic heterocycles. The van der Waals surface area contributed by atoms with E-state index in [2.05, 4.69) is 14.8 Å². The normalized spacial score (nSPS) is 20.2. The molecule has 1 amide bonds. The quantitative estimate of drug-likeness (QED) is 0.510. The smallest absolute Gasteiger partial charge is 0.415 e. The Labute approximate surface area is 80.5 Å². The maximum absolute atomic E-state index is 10.9. The SMILES string of the molecule is CCOC(=O)CCC1NC(=O)OC1=O. The molecule has 1 rings (SSSR count). The number of cyclic esters (lactones) is 2. The molecule has 1 heterocycles. The second-order valence-corrected chi connectivity index (χ2v) is 2.75. The van der Waals surface area contributed by atoms with Crippen molar-refractivity contribution < 1.29 is 23.9 Å². The van der Waals surface area contributed by atoms with E-state index in [0.717, 1.165) is 0 Å². The summed E-state index contributed by atoms with van der Waals surface area (Å²) in [5.74, 6) is -1.03. The Hall–Kier alpha value is -1.59. The number of carbonyl (C=O) groups is 3. The van der Waals surface area contributed by atoms with Crippen molar-refractivity contribution in [2.75, 3.05) is 6.61 Å². The van der Waals surface area contributed by atoms with Crippen molar-refractivity contribution >= 4 is 18.0 Å². The fraction of sp³-hybridized carbons (Fsp3) is 0.625. The Morgan fingerprint density at radius 1 is 1.57 bits per heavy atom. The number of ether oxygens (including phenoxy) is 2. The Balaban J connectivity index is 2.28. The van der Waals surface area contributed by atoms with Gasteiger partial charge in [-0.15, -0.1) is 0 Å². The van der Waals surface area contributed by atoms with Crippen molar-refractivity contribution in [2.45, 2.75) is 25.8 Å². The van der Waals surface area contributed by atoms with Crippen molar-refractivity contribution in [2.24, 2.45) is 0 Å². The van der Waals surface area contributed by atoms with E-state index in [9.17, 15) is 14.4 Å². The second kappa shape index (κ2) is 4.59. The van der Waals surface area contributed by atoms with Gasteiger partial charge in [0.15, 0.2) is 0 Å². The number of amides is 1. The Bertz CT molecular complexity index is 262. The van der Waals surface area contributed by atoms with Gasteiger partial charge < -0.3 is 14.8 Å². The van der Waals surface area contributed by atoms with Gasteiger partial charge in [0.2, 0.25) is 0 Å². The van der Waals surface area contributed by atoms with Crippen molar-refractivity contribution in [3.8, 4) is 0 Å². The molecule has 1 saturated heterocycles. The zero-order chi connectivity index (χ0) is 10.6. The number of hydrogen-bond donors (Lipinski definition) is 1. The fourth-order valence-corrected chi connectivity index (χ4v) is 1.08.